The van der Waals surface area contributed by atoms with Crippen LogP contribution in [-0.4, -0.2) is 169 Å². The van der Waals surface area contributed by atoms with Gasteiger partial charge >= 0.3 is 0 Å². The molecular weight excluding hydrogens is 610 g/mol. The smallest absolute Gasteiger partial charge is 0.247 e. The Morgan fingerprint density at radius 2 is 1.24 bits per heavy atom. The molecule has 0 unspecified atom stereocenters. The lowest BCUT2D eigenvalue weighted by molar-refractivity contribution is -0.358. The summed E-state index contributed by atoms with van der Waals surface area (Å²) < 4.78 is 33.3. The van der Waals surface area contributed by atoms with Gasteiger partial charge in [0.2, 0.25) is 12.2 Å². The summed E-state index contributed by atoms with van der Waals surface area (Å²) in [5, 5.41) is 105. The molecule has 0 aliphatic carbocycles. The Kier molecular flexibility index (Phi) is 12.2. The topological polar surface area (TPSA) is 287 Å². The van der Waals surface area contributed by atoms with Crippen LogP contribution in [0.3, 0.4) is 0 Å². The van der Waals surface area contributed by atoms with Crippen molar-refractivity contribution in [3.8, 4) is 5.75 Å². The average Bonchev–Trinajstić information content (AvgIpc) is 3.04. The van der Waals surface area contributed by atoms with Crippen LogP contribution in [0.25, 0.3) is 0 Å². The lowest BCUT2D eigenvalue weighted by Gasteiger charge is -2.46. The van der Waals surface area contributed by atoms with Gasteiger partial charge in [-0.15, -0.1) is 0 Å². The molecule has 1 aromatic carbocycles. The largest absolute Gasteiger partial charge is 0.462 e. The molecule has 0 saturated carbocycles. The number of hydrogen-bond donors (Lipinski definition) is 11. The van der Waals surface area contributed by atoms with E-state index in [-0.39, 0.29) is 5.75 Å². The minimum absolute atomic E-state index is 0.118. The third-order valence-electron chi connectivity index (χ3n) is 7.61. The number of carbonyl (C=O) groups is 1. The van der Waals surface area contributed by atoms with Crippen LogP contribution in [-0.2, 0) is 28.5 Å². The van der Waals surface area contributed by atoms with Gasteiger partial charge < -0.3 is 84.8 Å². The number of anilines is 1. The summed E-state index contributed by atoms with van der Waals surface area (Å²) in [5.41, 5.74) is 0.391. The van der Waals surface area contributed by atoms with Crippen molar-refractivity contribution in [2.45, 2.75) is 92.1 Å². The van der Waals surface area contributed by atoms with E-state index in [1.807, 2.05) is 0 Å². The van der Waals surface area contributed by atoms with Crippen LogP contribution in [0.1, 0.15) is 0 Å². The van der Waals surface area contributed by atoms with E-state index in [9.17, 15) is 55.9 Å². The molecule has 45 heavy (non-hydrogen) atoms. The molecule has 3 fully saturated rings. The Labute approximate surface area is 256 Å². The van der Waals surface area contributed by atoms with Crippen LogP contribution in [0.15, 0.2) is 36.9 Å². The highest BCUT2D eigenvalue weighted by atomic mass is 16.7. The Bertz CT molecular complexity index is 1110. The standard InChI is InChI=1S/C27H39NO17/c1-2-15(31)28-10-3-5-11(6-4-10)41-27-23(39)24(45-26-22(38)20(36)17(33)13(8-30)43-26)18(34)14(44-27)9-40-25-21(37)19(35)16(32)12(7-29)42-25/h2-6,12-14,16-27,29-30,32-39H,1,7-9H2,(H,28,31)/t12-,13-,14-,16-,17-,18-,19+,20+,21+,22+,23+,24+,25+,26-,27+/m1/s1. The zero-order valence-corrected chi connectivity index (χ0v) is 23.7. The first-order valence-corrected chi connectivity index (χ1v) is 14.0. The lowest BCUT2D eigenvalue weighted by Crippen LogP contribution is -2.65. The van der Waals surface area contributed by atoms with Crippen molar-refractivity contribution < 1.29 is 84.3 Å². The molecule has 3 aliphatic rings. The fourth-order valence-corrected chi connectivity index (χ4v) is 4.97. The molecule has 0 spiro atoms. The van der Waals surface area contributed by atoms with Crippen molar-refractivity contribution in [3.05, 3.63) is 36.9 Å². The third-order valence-corrected chi connectivity index (χ3v) is 7.61. The van der Waals surface area contributed by atoms with Gasteiger partial charge in [-0.05, 0) is 30.3 Å². The van der Waals surface area contributed by atoms with Gasteiger partial charge in [-0.3, -0.25) is 4.79 Å². The van der Waals surface area contributed by atoms with Gasteiger partial charge in [-0.1, -0.05) is 6.58 Å². The molecule has 0 radical (unpaired) electrons. The summed E-state index contributed by atoms with van der Waals surface area (Å²) >= 11 is 0. The molecule has 1 aromatic rings. The van der Waals surface area contributed by atoms with Crippen molar-refractivity contribution >= 4 is 11.6 Å². The molecular formula is C27H39NO17. The summed E-state index contributed by atoms with van der Waals surface area (Å²) in [6.07, 6.45) is -23.9. The molecule has 254 valence electrons. The first-order valence-electron chi connectivity index (χ1n) is 14.0. The van der Waals surface area contributed by atoms with Crippen LogP contribution in [0.2, 0.25) is 0 Å². The van der Waals surface area contributed by atoms with E-state index in [1.54, 1.807) is 0 Å². The van der Waals surface area contributed by atoms with E-state index in [1.165, 1.54) is 24.3 Å². The predicted molar refractivity (Wildman–Crippen MR) is 145 cm³/mol. The molecule has 4 rings (SSSR count). The average molecular weight is 650 g/mol. The number of ether oxygens (including phenoxy) is 6. The molecule has 0 bridgehead atoms. The lowest BCUT2D eigenvalue weighted by atomic mass is 9.96. The fraction of sp³-hybridized carbons (Fsp3) is 0.667. The summed E-state index contributed by atoms with van der Waals surface area (Å²) in [5.74, 6) is -0.341. The maximum atomic E-state index is 11.6. The van der Waals surface area contributed by atoms with Gasteiger partial charge in [0.25, 0.3) is 0 Å². The Balaban J connectivity index is 1.53. The quantitative estimate of drug-likeness (QED) is 0.0998. The fourth-order valence-electron chi connectivity index (χ4n) is 4.97. The minimum Gasteiger partial charge on any atom is -0.462 e. The number of hydrogen-bond acceptors (Lipinski definition) is 17. The number of rotatable bonds is 11. The molecule has 18 heteroatoms. The predicted octanol–water partition coefficient (Wildman–Crippen LogP) is -5.36. The maximum Gasteiger partial charge on any atom is 0.247 e. The molecule has 3 aliphatic heterocycles. The van der Waals surface area contributed by atoms with Crippen molar-refractivity contribution in [1.82, 2.24) is 0 Å². The Morgan fingerprint density at radius 1 is 0.711 bits per heavy atom. The summed E-state index contributed by atoms with van der Waals surface area (Å²) in [4.78, 5) is 11.6. The number of carbonyl (C=O) groups excluding carboxylic acids is 1. The zero-order valence-electron chi connectivity index (χ0n) is 23.7. The number of aliphatic hydroxyl groups is 10. The van der Waals surface area contributed by atoms with Crippen molar-refractivity contribution in [3.63, 3.8) is 0 Å². The van der Waals surface area contributed by atoms with Crippen molar-refractivity contribution in [2.75, 3.05) is 25.1 Å². The van der Waals surface area contributed by atoms with E-state index < -0.39 is 118 Å². The van der Waals surface area contributed by atoms with Crippen LogP contribution in [0, 0.1) is 0 Å². The number of aliphatic hydroxyl groups excluding tert-OH is 10. The second-order valence-electron chi connectivity index (χ2n) is 10.7. The van der Waals surface area contributed by atoms with Gasteiger partial charge in [0.15, 0.2) is 12.6 Å². The van der Waals surface area contributed by atoms with Crippen LogP contribution in [0.5, 0.6) is 5.75 Å². The normalized spacial score (nSPS) is 42.1. The zero-order chi connectivity index (χ0) is 33.0. The molecule has 1 amide bonds. The van der Waals surface area contributed by atoms with Gasteiger partial charge in [-0.2, -0.15) is 0 Å². The van der Waals surface area contributed by atoms with Gasteiger partial charge in [-0.25, -0.2) is 0 Å². The molecule has 3 heterocycles. The third kappa shape index (κ3) is 7.96. The summed E-state index contributed by atoms with van der Waals surface area (Å²) in [7, 11) is 0. The van der Waals surface area contributed by atoms with Crippen molar-refractivity contribution in [1.29, 1.82) is 0 Å². The Hall–Kier alpha value is -2.37. The molecule has 18 nitrogen and oxygen atoms in total. The number of amides is 1. The molecule has 3 saturated heterocycles. The van der Waals surface area contributed by atoms with Gasteiger partial charge in [0.05, 0.1) is 19.8 Å². The molecule has 15 atom stereocenters. The first-order chi connectivity index (χ1) is 21.4. The summed E-state index contributed by atoms with van der Waals surface area (Å²) in [6, 6.07) is 5.80. The number of nitrogens with one attached hydrogen (secondary N) is 1. The van der Waals surface area contributed by atoms with Crippen LogP contribution >= 0.6 is 0 Å². The van der Waals surface area contributed by atoms with Crippen LogP contribution < -0.4 is 10.1 Å². The first kappa shape index (κ1) is 35.5. The second-order valence-corrected chi connectivity index (χ2v) is 10.7. The number of benzene rings is 1. The van der Waals surface area contributed by atoms with Gasteiger partial charge in [0.1, 0.15) is 79.0 Å². The minimum atomic E-state index is -1.88. The van der Waals surface area contributed by atoms with Crippen LogP contribution in [0.4, 0.5) is 5.69 Å². The van der Waals surface area contributed by atoms with E-state index in [2.05, 4.69) is 11.9 Å². The molecule has 11 N–H and O–H groups in total. The van der Waals surface area contributed by atoms with E-state index in [4.69, 9.17) is 28.4 Å². The highest BCUT2D eigenvalue weighted by Gasteiger charge is 2.52. The summed E-state index contributed by atoms with van der Waals surface area (Å²) in [6.45, 7) is 1.26. The molecule has 0 aromatic heterocycles. The van der Waals surface area contributed by atoms with Crippen molar-refractivity contribution in [2.24, 2.45) is 0 Å². The van der Waals surface area contributed by atoms with E-state index in [0.29, 0.717) is 5.69 Å². The van der Waals surface area contributed by atoms with E-state index in [0.717, 1.165) is 6.08 Å². The SMILES string of the molecule is C=CC(=O)Nc1ccc(O[C@H]2O[C@H](CO[C@H]3O[C@H](CO)[C@@H](O)[C@H](O)[C@@H]3O)[C@@H](O)[C@H](O[C@H]3O[C@H](CO)[C@@H](O)[C@H](O)[C@@H]3O)[C@@H]2O)cc1. The second kappa shape index (κ2) is 15.5. The Morgan fingerprint density at radius 3 is 1.80 bits per heavy atom. The maximum absolute atomic E-state index is 11.6. The monoisotopic (exact) mass is 649 g/mol. The van der Waals surface area contributed by atoms with Gasteiger partial charge in [0, 0.05) is 5.69 Å². The highest BCUT2D eigenvalue weighted by molar-refractivity contribution is 5.98. The highest BCUT2D eigenvalue weighted by Crippen LogP contribution is 2.32. The van der Waals surface area contributed by atoms with E-state index >= 15 is 0 Å².